The van der Waals surface area contributed by atoms with E-state index in [4.69, 9.17) is 39.5 Å². The van der Waals surface area contributed by atoms with Gasteiger partial charge in [-0.15, -0.1) is 0 Å². The molecule has 0 heterocycles. The normalized spacial score (nSPS) is 10.9. The molecule has 0 aliphatic heterocycles. The lowest BCUT2D eigenvalue weighted by molar-refractivity contribution is -0.385. The third-order valence-corrected chi connectivity index (χ3v) is 5.24. The van der Waals surface area contributed by atoms with Crippen LogP contribution in [0.25, 0.3) is 6.08 Å². The molecule has 0 saturated carbocycles. The average Bonchev–Trinajstić information content (AvgIpc) is 2.72. The van der Waals surface area contributed by atoms with Crippen LogP contribution < -0.4 is 4.74 Å². The average molecular weight is 467 g/mol. The number of nitrogens with zero attached hydrogens (tertiary/aromatic N) is 1. The number of ketones is 1. The largest absolute Gasteiger partial charge is 0.450 e. The zero-order valence-corrected chi connectivity index (χ0v) is 17.2. The highest BCUT2D eigenvalue weighted by Crippen LogP contribution is 2.34. The quantitative estimate of drug-likeness (QED) is 0.125. The van der Waals surface area contributed by atoms with E-state index < -0.39 is 16.5 Å². The van der Waals surface area contributed by atoms with Crippen LogP contribution in [0.3, 0.4) is 0 Å². The first-order chi connectivity index (χ1) is 14.3. The number of hydrogen-bond donors (Lipinski definition) is 0. The predicted molar refractivity (Wildman–Crippen MR) is 114 cm³/mol. The second kappa shape index (κ2) is 9.26. The number of rotatable bonds is 6. The molecule has 0 aliphatic rings. The molecule has 3 aromatic rings. The van der Waals surface area contributed by atoms with E-state index >= 15 is 0 Å². The molecule has 9 heteroatoms. The van der Waals surface area contributed by atoms with Crippen LogP contribution in [-0.2, 0) is 0 Å². The molecule has 152 valence electrons. The number of hydrogen-bond acceptors (Lipinski definition) is 4. The Morgan fingerprint density at radius 1 is 1.00 bits per heavy atom. The molecule has 30 heavy (non-hydrogen) atoms. The summed E-state index contributed by atoms with van der Waals surface area (Å²) in [5.41, 5.74) is 0.215. The summed E-state index contributed by atoms with van der Waals surface area (Å²) in [4.78, 5) is 23.2. The SMILES string of the molecule is O=C(/C=C\c1ccc(Oc2ccc(F)cc2)c([N+](=O)[O-])c1)c1ccc(Cl)c(Cl)c1Cl. The van der Waals surface area contributed by atoms with Crippen molar-refractivity contribution >= 4 is 52.3 Å². The van der Waals surface area contributed by atoms with Crippen LogP contribution >= 0.6 is 34.8 Å². The number of benzene rings is 3. The van der Waals surface area contributed by atoms with Gasteiger partial charge in [-0.25, -0.2) is 4.39 Å². The molecular formula is C21H11Cl3FNO4. The predicted octanol–water partition coefficient (Wildman–Crippen LogP) is 7.38. The second-order valence-electron chi connectivity index (χ2n) is 5.96. The van der Waals surface area contributed by atoms with Crippen molar-refractivity contribution in [2.45, 2.75) is 0 Å². The van der Waals surface area contributed by atoms with Crippen LogP contribution in [-0.4, -0.2) is 10.7 Å². The molecule has 0 N–H and O–H groups in total. The number of nitro benzene ring substituents is 1. The van der Waals surface area contributed by atoms with Crippen LogP contribution in [0.15, 0.2) is 60.7 Å². The summed E-state index contributed by atoms with van der Waals surface area (Å²) in [6.07, 6.45) is 2.61. The smallest absolute Gasteiger partial charge is 0.312 e. The van der Waals surface area contributed by atoms with Crippen molar-refractivity contribution in [1.29, 1.82) is 0 Å². The maximum atomic E-state index is 13.0. The molecule has 0 saturated heterocycles. The van der Waals surface area contributed by atoms with Gasteiger partial charge in [-0.2, -0.15) is 0 Å². The lowest BCUT2D eigenvalue weighted by Crippen LogP contribution is -1.97. The number of halogens is 4. The van der Waals surface area contributed by atoms with Gasteiger partial charge in [-0.1, -0.05) is 46.9 Å². The van der Waals surface area contributed by atoms with Crippen LogP contribution in [0.2, 0.25) is 15.1 Å². The Morgan fingerprint density at radius 2 is 1.70 bits per heavy atom. The Balaban J connectivity index is 1.85. The molecule has 3 aromatic carbocycles. The molecule has 0 bridgehead atoms. The fraction of sp³-hybridized carbons (Fsp3) is 0. The molecule has 0 amide bonds. The minimum absolute atomic E-state index is 0.0212. The first kappa shape index (κ1) is 21.8. The summed E-state index contributed by atoms with van der Waals surface area (Å²) in [5.74, 6) is -0.688. The minimum Gasteiger partial charge on any atom is -0.450 e. The molecular weight excluding hydrogens is 456 g/mol. The topological polar surface area (TPSA) is 69.4 Å². The van der Waals surface area contributed by atoms with Crippen molar-refractivity contribution in [3.63, 3.8) is 0 Å². The maximum Gasteiger partial charge on any atom is 0.312 e. The fourth-order valence-electron chi connectivity index (χ4n) is 2.47. The van der Waals surface area contributed by atoms with E-state index in [1.165, 1.54) is 66.7 Å². The number of carbonyl (C=O) groups excluding carboxylic acids is 1. The Morgan fingerprint density at radius 3 is 2.37 bits per heavy atom. The van der Waals surface area contributed by atoms with Gasteiger partial charge in [0.1, 0.15) is 11.6 Å². The maximum absolute atomic E-state index is 13.0. The molecule has 0 fully saturated rings. The summed E-state index contributed by atoms with van der Waals surface area (Å²) in [6, 6.07) is 12.1. The lowest BCUT2D eigenvalue weighted by atomic mass is 10.1. The summed E-state index contributed by atoms with van der Waals surface area (Å²) in [5, 5.41) is 11.7. The van der Waals surface area contributed by atoms with Crippen molar-refractivity contribution in [2.75, 3.05) is 0 Å². The van der Waals surface area contributed by atoms with Gasteiger partial charge < -0.3 is 4.74 Å². The van der Waals surface area contributed by atoms with E-state index in [9.17, 15) is 19.3 Å². The van der Waals surface area contributed by atoms with E-state index in [0.29, 0.717) is 5.56 Å². The van der Waals surface area contributed by atoms with Gasteiger partial charge in [0.15, 0.2) is 5.78 Å². The van der Waals surface area contributed by atoms with Crippen molar-refractivity contribution < 1.29 is 18.8 Å². The molecule has 0 aromatic heterocycles. The van der Waals surface area contributed by atoms with Gasteiger partial charge in [-0.05, 0) is 54.1 Å². The number of allylic oxidation sites excluding steroid dienone is 1. The minimum atomic E-state index is -0.617. The van der Waals surface area contributed by atoms with E-state index in [1.54, 1.807) is 0 Å². The third-order valence-electron chi connectivity index (χ3n) is 3.95. The summed E-state index contributed by atoms with van der Waals surface area (Å²) < 4.78 is 18.5. The highest BCUT2D eigenvalue weighted by atomic mass is 35.5. The first-order valence-corrected chi connectivity index (χ1v) is 9.47. The van der Waals surface area contributed by atoms with E-state index in [1.807, 2.05) is 0 Å². The number of ether oxygens (including phenoxy) is 1. The van der Waals surface area contributed by atoms with Gasteiger partial charge in [0.05, 0.1) is 20.0 Å². The molecule has 0 aliphatic carbocycles. The lowest BCUT2D eigenvalue weighted by Gasteiger charge is -2.07. The Labute approximate surface area is 185 Å². The van der Waals surface area contributed by atoms with E-state index in [-0.39, 0.29) is 37.8 Å². The van der Waals surface area contributed by atoms with Crippen molar-refractivity contribution in [3.8, 4) is 11.5 Å². The van der Waals surface area contributed by atoms with Crippen LogP contribution in [0.5, 0.6) is 11.5 Å². The molecule has 0 atom stereocenters. The van der Waals surface area contributed by atoms with Gasteiger partial charge in [0.25, 0.3) is 0 Å². The monoisotopic (exact) mass is 465 g/mol. The number of carbonyl (C=O) groups is 1. The van der Waals surface area contributed by atoms with Crippen LogP contribution in [0.1, 0.15) is 15.9 Å². The standard InChI is InChI=1S/C21H11Cl3FNO4/c22-16-8-7-15(20(23)21(16)24)18(27)9-1-12-2-10-19(17(11-12)26(28)29)30-14-5-3-13(25)4-6-14/h1-11H/b9-1-. The Bertz CT molecular complexity index is 1160. The summed E-state index contributed by atoms with van der Waals surface area (Å²) >= 11 is 17.8. The zero-order valence-electron chi connectivity index (χ0n) is 14.9. The van der Waals surface area contributed by atoms with Gasteiger partial charge in [0.2, 0.25) is 5.75 Å². The van der Waals surface area contributed by atoms with Crippen molar-refractivity contribution in [2.24, 2.45) is 0 Å². The zero-order chi connectivity index (χ0) is 21.8. The van der Waals surface area contributed by atoms with Crippen molar-refractivity contribution in [1.82, 2.24) is 0 Å². The van der Waals surface area contributed by atoms with Gasteiger partial charge in [-0.3, -0.25) is 14.9 Å². The fourth-order valence-corrected chi connectivity index (χ4v) is 3.10. The van der Waals surface area contributed by atoms with E-state index in [0.717, 1.165) is 0 Å². The number of nitro groups is 1. The van der Waals surface area contributed by atoms with E-state index in [2.05, 4.69) is 0 Å². The highest BCUT2D eigenvalue weighted by Gasteiger charge is 2.17. The molecule has 0 unspecified atom stereocenters. The summed E-state index contributed by atoms with van der Waals surface area (Å²) in [7, 11) is 0. The van der Waals surface area contributed by atoms with Crippen LogP contribution in [0, 0.1) is 15.9 Å². The Kier molecular flexibility index (Phi) is 6.72. The molecule has 3 rings (SSSR count). The molecule has 5 nitrogen and oxygen atoms in total. The first-order valence-electron chi connectivity index (χ1n) is 8.34. The second-order valence-corrected chi connectivity index (χ2v) is 7.12. The molecule has 0 spiro atoms. The molecule has 0 radical (unpaired) electrons. The highest BCUT2D eigenvalue weighted by molar-refractivity contribution is 6.49. The summed E-state index contributed by atoms with van der Waals surface area (Å²) in [6.45, 7) is 0. The van der Waals surface area contributed by atoms with Gasteiger partial charge >= 0.3 is 5.69 Å². The van der Waals surface area contributed by atoms with Crippen molar-refractivity contribution in [3.05, 3.63) is 103 Å². The van der Waals surface area contributed by atoms with Gasteiger partial charge in [0, 0.05) is 11.6 Å². The third kappa shape index (κ3) is 4.97. The van der Waals surface area contributed by atoms with Crippen LogP contribution in [0.4, 0.5) is 10.1 Å². The Hall–Kier alpha value is -2.93.